The van der Waals surface area contributed by atoms with E-state index in [2.05, 4.69) is 4.72 Å². The summed E-state index contributed by atoms with van der Waals surface area (Å²) in [5.41, 5.74) is 0. The van der Waals surface area contributed by atoms with Crippen molar-refractivity contribution in [3.63, 3.8) is 0 Å². The van der Waals surface area contributed by atoms with Gasteiger partial charge in [0.1, 0.15) is 11.8 Å². The summed E-state index contributed by atoms with van der Waals surface area (Å²) in [4.78, 5) is 28.7. The third-order valence-corrected chi connectivity index (χ3v) is 7.41. The summed E-state index contributed by atoms with van der Waals surface area (Å²) in [5, 5.41) is 1.62. The first-order valence-electron chi connectivity index (χ1n) is 10.5. The van der Waals surface area contributed by atoms with Crippen molar-refractivity contribution in [1.29, 1.82) is 0 Å². The molecule has 2 aromatic rings. The van der Waals surface area contributed by atoms with Gasteiger partial charge in [0.2, 0.25) is 21.8 Å². The van der Waals surface area contributed by atoms with Gasteiger partial charge in [0.05, 0.1) is 18.6 Å². The highest BCUT2D eigenvalue weighted by Gasteiger charge is 2.34. The number of hydrogen-bond acceptors (Lipinski definition) is 5. The van der Waals surface area contributed by atoms with Gasteiger partial charge in [-0.3, -0.25) is 9.59 Å². The fourth-order valence-electron chi connectivity index (χ4n) is 4.19. The Balaban J connectivity index is 1.48. The van der Waals surface area contributed by atoms with E-state index in [1.807, 2.05) is 12.1 Å². The molecule has 2 aliphatic heterocycles. The number of rotatable bonds is 6. The molecule has 2 aromatic carbocycles. The Hall–Kier alpha value is -2.65. The molecule has 2 saturated heterocycles. The first kappa shape index (κ1) is 21.6. The number of amides is 2. The Morgan fingerprint density at radius 2 is 1.81 bits per heavy atom. The van der Waals surface area contributed by atoms with Gasteiger partial charge in [-0.2, -0.15) is 4.72 Å². The third kappa shape index (κ3) is 4.67. The summed E-state index contributed by atoms with van der Waals surface area (Å²) in [6.45, 7) is 1.92. The zero-order valence-electron chi connectivity index (χ0n) is 17.5. The normalized spacial score (nSPS) is 19.8. The minimum Gasteiger partial charge on any atom is -0.497 e. The van der Waals surface area contributed by atoms with Crippen LogP contribution in [0.3, 0.4) is 0 Å². The van der Waals surface area contributed by atoms with Crippen LogP contribution in [0.2, 0.25) is 0 Å². The van der Waals surface area contributed by atoms with Crippen molar-refractivity contribution in [1.82, 2.24) is 14.5 Å². The standard InChI is InChI=1S/C22H27N3O5S/c1-30-18-8-6-16-7-9-19(14-17(16)13-18)31(28,29)23-20-5-4-12-25(22(20)27)15-21(26)24-10-2-3-11-24/h6-9,13-14,20,23H,2-5,10-12,15H2,1H3. The molecule has 2 heterocycles. The van der Waals surface area contributed by atoms with Crippen LogP contribution in [-0.2, 0) is 19.6 Å². The van der Waals surface area contributed by atoms with Gasteiger partial charge in [0.15, 0.2) is 0 Å². The number of nitrogens with zero attached hydrogens (tertiary/aromatic N) is 2. The van der Waals surface area contributed by atoms with E-state index in [0.29, 0.717) is 25.1 Å². The van der Waals surface area contributed by atoms with Gasteiger partial charge in [0.25, 0.3) is 0 Å². The number of ether oxygens (including phenoxy) is 1. The van der Waals surface area contributed by atoms with E-state index in [1.165, 1.54) is 11.0 Å². The van der Waals surface area contributed by atoms with Crippen molar-refractivity contribution >= 4 is 32.6 Å². The van der Waals surface area contributed by atoms with Crippen LogP contribution in [0.5, 0.6) is 5.75 Å². The van der Waals surface area contributed by atoms with Gasteiger partial charge in [-0.25, -0.2) is 8.42 Å². The van der Waals surface area contributed by atoms with Gasteiger partial charge in [-0.1, -0.05) is 12.1 Å². The molecule has 0 spiro atoms. The molecule has 4 rings (SSSR count). The smallest absolute Gasteiger partial charge is 0.242 e. The van der Waals surface area contributed by atoms with Crippen molar-refractivity contribution < 1.29 is 22.7 Å². The van der Waals surface area contributed by atoms with Crippen LogP contribution in [-0.4, -0.2) is 69.4 Å². The Kier molecular flexibility index (Phi) is 6.15. The molecule has 0 aromatic heterocycles. The minimum atomic E-state index is -3.91. The van der Waals surface area contributed by atoms with Crippen molar-refractivity contribution in [2.24, 2.45) is 0 Å². The summed E-state index contributed by atoms with van der Waals surface area (Å²) in [5.74, 6) is 0.221. The summed E-state index contributed by atoms with van der Waals surface area (Å²) in [6.07, 6.45) is 3.02. The molecule has 1 N–H and O–H groups in total. The van der Waals surface area contributed by atoms with Crippen LogP contribution < -0.4 is 9.46 Å². The molecule has 2 aliphatic rings. The lowest BCUT2D eigenvalue weighted by Gasteiger charge is -2.33. The summed E-state index contributed by atoms with van der Waals surface area (Å²) in [6, 6.07) is 9.40. The molecule has 166 valence electrons. The van der Waals surface area contributed by atoms with Gasteiger partial charge in [-0.15, -0.1) is 0 Å². The number of benzene rings is 2. The van der Waals surface area contributed by atoms with Crippen LogP contribution in [0, 0.1) is 0 Å². The third-order valence-electron chi connectivity index (χ3n) is 5.94. The molecule has 0 aliphatic carbocycles. The largest absolute Gasteiger partial charge is 0.497 e. The van der Waals surface area contributed by atoms with Crippen LogP contribution >= 0.6 is 0 Å². The number of piperidine rings is 1. The fourth-order valence-corrected chi connectivity index (χ4v) is 5.45. The summed E-state index contributed by atoms with van der Waals surface area (Å²) < 4.78 is 33.8. The van der Waals surface area contributed by atoms with Crippen molar-refractivity contribution in [3.05, 3.63) is 36.4 Å². The first-order chi connectivity index (χ1) is 14.9. The van der Waals surface area contributed by atoms with Crippen molar-refractivity contribution in [2.45, 2.75) is 36.6 Å². The van der Waals surface area contributed by atoms with Crippen LogP contribution in [0.25, 0.3) is 10.8 Å². The number of carbonyl (C=O) groups excluding carboxylic acids is 2. The van der Waals surface area contributed by atoms with Crippen molar-refractivity contribution in [2.75, 3.05) is 33.3 Å². The zero-order valence-corrected chi connectivity index (χ0v) is 18.4. The maximum Gasteiger partial charge on any atom is 0.242 e. The lowest BCUT2D eigenvalue weighted by Crippen LogP contribution is -2.54. The number of likely N-dealkylation sites (tertiary alicyclic amines) is 2. The van der Waals surface area contributed by atoms with Gasteiger partial charge < -0.3 is 14.5 Å². The van der Waals surface area contributed by atoms with Gasteiger partial charge >= 0.3 is 0 Å². The van der Waals surface area contributed by atoms with Gasteiger partial charge in [0, 0.05) is 19.6 Å². The molecular weight excluding hydrogens is 418 g/mol. The number of fused-ring (bicyclic) bond motifs is 1. The second kappa shape index (κ2) is 8.84. The zero-order chi connectivity index (χ0) is 22.0. The Morgan fingerprint density at radius 3 is 2.55 bits per heavy atom. The van der Waals surface area contributed by atoms with E-state index >= 15 is 0 Å². The fraction of sp³-hybridized carbons (Fsp3) is 0.455. The molecule has 1 atom stereocenters. The molecule has 0 bridgehead atoms. The molecular formula is C22H27N3O5S. The average Bonchev–Trinajstić information content (AvgIpc) is 3.30. The number of methoxy groups -OCH3 is 1. The molecule has 9 heteroatoms. The quantitative estimate of drug-likeness (QED) is 0.731. The monoisotopic (exact) mass is 445 g/mol. The lowest BCUT2D eigenvalue weighted by atomic mass is 10.1. The predicted octanol–water partition coefficient (Wildman–Crippen LogP) is 1.74. The SMILES string of the molecule is COc1ccc2ccc(S(=O)(=O)NC3CCCN(CC(=O)N4CCCC4)C3=O)cc2c1. The van der Waals surface area contributed by atoms with E-state index in [4.69, 9.17) is 4.74 Å². The van der Waals surface area contributed by atoms with Crippen molar-refractivity contribution in [3.8, 4) is 5.75 Å². The Labute approximate surface area is 182 Å². The Bertz CT molecular complexity index is 1100. The Morgan fingerprint density at radius 1 is 1.06 bits per heavy atom. The molecule has 1 unspecified atom stereocenters. The van der Waals surface area contributed by atoms with E-state index < -0.39 is 16.1 Å². The van der Waals surface area contributed by atoms with E-state index in [0.717, 1.165) is 36.7 Å². The van der Waals surface area contributed by atoms with Crippen LogP contribution in [0.15, 0.2) is 41.3 Å². The maximum atomic E-state index is 13.0. The predicted molar refractivity (Wildman–Crippen MR) is 116 cm³/mol. The highest BCUT2D eigenvalue weighted by atomic mass is 32.2. The highest BCUT2D eigenvalue weighted by Crippen LogP contribution is 2.24. The van der Waals surface area contributed by atoms with E-state index in [-0.39, 0.29) is 23.3 Å². The summed E-state index contributed by atoms with van der Waals surface area (Å²) in [7, 11) is -2.35. The molecule has 0 saturated carbocycles. The maximum absolute atomic E-state index is 13.0. The molecule has 0 radical (unpaired) electrons. The van der Waals surface area contributed by atoms with Gasteiger partial charge in [-0.05, 0) is 60.7 Å². The topological polar surface area (TPSA) is 96.0 Å². The number of sulfonamides is 1. The molecule has 2 amide bonds. The van der Waals surface area contributed by atoms with Crippen LogP contribution in [0.1, 0.15) is 25.7 Å². The number of hydrogen-bond donors (Lipinski definition) is 1. The highest BCUT2D eigenvalue weighted by molar-refractivity contribution is 7.89. The second-order valence-corrected chi connectivity index (χ2v) is 9.75. The van der Waals surface area contributed by atoms with E-state index in [1.54, 1.807) is 30.2 Å². The lowest BCUT2D eigenvalue weighted by molar-refractivity contribution is -0.142. The minimum absolute atomic E-state index is 0.00678. The second-order valence-electron chi connectivity index (χ2n) is 8.04. The molecule has 8 nitrogen and oxygen atoms in total. The number of carbonyl (C=O) groups is 2. The first-order valence-corrected chi connectivity index (χ1v) is 12.0. The molecule has 2 fully saturated rings. The van der Waals surface area contributed by atoms with Crippen LogP contribution in [0.4, 0.5) is 0 Å². The summed E-state index contributed by atoms with van der Waals surface area (Å²) >= 11 is 0. The van der Waals surface area contributed by atoms with E-state index in [9.17, 15) is 18.0 Å². The average molecular weight is 446 g/mol. The number of nitrogens with one attached hydrogen (secondary N) is 1. The molecule has 31 heavy (non-hydrogen) atoms.